The van der Waals surface area contributed by atoms with Crippen LogP contribution < -0.4 is 4.74 Å². The number of phosphoric ester groups is 1. The van der Waals surface area contributed by atoms with Gasteiger partial charge in [-0.25, -0.2) is 4.57 Å². The summed E-state index contributed by atoms with van der Waals surface area (Å²) in [6.45, 7) is 2.90. The van der Waals surface area contributed by atoms with Gasteiger partial charge in [-0.3, -0.25) is 9.05 Å². The molecule has 0 aliphatic heterocycles. The second-order valence-corrected chi connectivity index (χ2v) is 11.3. The maximum absolute atomic E-state index is 11.7. The van der Waals surface area contributed by atoms with E-state index in [1.807, 2.05) is 0 Å². The van der Waals surface area contributed by atoms with E-state index in [-0.39, 0.29) is 13.2 Å². The van der Waals surface area contributed by atoms with E-state index in [9.17, 15) is 9.46 Å². The SMILES string of the molecule is CCCCCCCCCCCCCCCCCCOC[C@H](COP(=O)(O)OC)Oc1cccc(C#N)c1. The molecule has 1 rings (SSSR count). The Kier molecular flexibility index (Phi) is 20.5. The summed E-state index contributed by atoms with van der Waals surface area (Å²) in [5.74, 6) is 0.476. The molecule has 0 spiro atoms. The molecule has 37 heavy (non-hydrogen) atoms. The van der Waals surface area contributed by atoms with Crippen LogP contribution in [-0.2, 0) is 18.3 Å². The van der Waals surface area contributed by atoms with Gasteiger partial charge in [0.1, 0.15) is 11.9 Å². The lowest BCUT2D eigenvalue weighted by Gasteiger charge is -2.20. The van der Waals surface area contributed by atoms with Crippen LogP contribution in [0.1, 0.15) is 115 Å². The summed E-state index contributed by atoms with van der Waals surface area (Å²) >= 11 is 0. The molecule has 7 nitrogen and oxygen atoms in total. The molecule has 1 unspecified atom stereocenters. The molecular formula is C29H50NO6P. The van der Waals surface area contributed by atoms with Gasteiger partial charge in [0.05, 0.1) is 24.8 Å². The van der Waals surface area contributed by atoms with Crippen molar-refractivity contribution in [2.24, 2.45) is 0 Å². The molecule has 0 aliphatic carbocycles. The van der Waals surface area contributed by atoms with Crippen molar-refractivity contribution in [3.05, 3.63) is 29.8 Å². The van der Waals surface area contributed by atoms with Crippen LogP contribution in [0.15, 0.2) is 24.3 Å². The molecule has 0 bridgehead atoms. The summed E-state index contributed by atoms with van der Waals surface area (Å²) < 4.78 is 32.7. The molecule has 0 aliphatic rings. The van der Waals surface area contributed by atoms with Crippen LogP contribution in [0.25, 0.3) is 0 Å². The second-order valence-electron chi connectivity index (χ2n) is 9.70. The number of benzene rings is 1. The second kappa shape index (κ2) is 22.6. The fraction of sp³-hybridized carbons (Fsp3) is 0.759. The molecule has 0 radical (unpaired) electrons. The Morgan fingerprint density at radius 2 is 1.41 bits per heavy atom. The normalized spacial score (nSPS) is 13.7. The quantitative estimate of drug-likeness (QED) is 0.0984. The minimum absolute atomic E-state index is 0.169. The van der Waals surface area contributed by atoms with Crippen LogP contribution in [0, 0.1) is 11.3 Å². The molecule has 0 heterocycles. The van der Waals surface area contributed by atoms with Gasteiger partial charge in [0.25, 0.3) is 0 Å². The highest BCUT2D eigenvalue weighted by Crippen LogP contribution is 2.42. The van der Waals surface area contributed by atoms with Crippen LogP contribution in [0.3, 0.4) is 0 Å². The molecule has 0 fully saturated rings. The van der Waals surface area contributed by atoms with Crippen LogP contribution in [0.2, 0.25) is 0 Å². The Morgan fingerprint density at radius 1 is 0.865 bits per heavy atom. The van der Waals surface area contributed by atoms with E-state index < -0.39 is 13.9 Å². The van der Waals surface area contributed by atoms with Crippen molar-refractivity contribution in [3.63, 3.8) is 0 Å². The predicted octanol–water partition coefficient (Wildman–Crippen LogP) is 8.35. The summed E-state index contributed by atoms with van der Waals surface area (Å²) in [7, 11) is -3.00. The van der Waals surface area contributed by atoms with Gasteiger partial charge in [-0.05, 0) is 24.6 Å². The summed E-state index contributed by atoms with van der Waals surface area (Å²) in [4.78, 5) is 9.52. The van der Waals surface area contributed by atoms with E-state index in [1.165, 1.54) is 89.9 Å². The van der Waals surface area contributed by atoms with Gasteiger partial charge in [-0.2, -0.15) is 5.26 Å². The minimum atomic E-state index is -4.11. The zero-order valence-electron chi connectivity index (χ0n) is 23.2. The van der Waals surface area contributed by atoms with Gasteiger partial charge in [-0.15, -0.1) is 0 Å². The number of ether oxygens (including phenoxy) is 2. The Balaban J connectivity index is 2.09. The average molecular weight is 540 g/mol. The highest BCUT2D eigenvalue weighted by molar-refractivity contribution is 7.47. The average Bonchev–Trinajstić information content (AvgIpc) is 2.91. The molecule has 2 atom stereocenters. The van der Waals surface area contributed by atoms with E-state index in [0.29, 0.717) is 17.9 Å². The molecule has 212 valence electrons. The number of nitriles is 1. The zero-order chi connectivity index (χ0) is 27.0. The molecule has 1 aromatic carbocycles. The Morgan fingerprint density at radius 3 is 1.92 bits per heavy atom. The number of hydrogen-bond donors (Lipinski definition) is 1. The number of rotatable bonds is 25. The topological polar surface area (TPSA) is 98.0 Å². The lowest BCUT2D eigenvalue weighted by atomic mass is 10.0. The van der Waals surface area contributed by atoms with Crippen molar-refractivity contribution in [3.8, 4) is 11.8 Å². The van der Waals surface area contributed by atoms with Crippen LogP contribution in [0.5, 0.6) is 5.75 Å². The third-order valence-electron chi connectivity index (χ3n) is 6.37. The van der Waals surface area contributed by atoms with Crippen LogP contribution in [-0.4, -0.2) is 37.9 Å². The molecule has 0 saturated heterocycles. The fourth-order valence-electron chi connectivity index (χ4n) is 4.14. The Hall–Kier alpha value is -1.42. The van der Waals surface area contributed by atoms with Crippen molar-refractivity contribution in [2.45, 2.75) is 116 Å². The minimum Gasteiger partial charge on any atom is -0.486 e. The molecule has 0 aromatic heterocycles. The third kappa shape index (κ3) is 19.3. The number of phosphoric acid groups is 1. The maximum Gasteiger partial charge on any atom is 0.472 e. The highest BCUT2D eigenvalue weighted by atomic mass is 31.2. The van der Waals surface area contributed by atoms with Gasteiger partial charge < -0.3 is 14.4 Å². The predicted molar refractivity (Wildman–Crippen MR) is 149 cm³/mol. The van der Waals surface area contributed by atoms with Crippen LogP contribution in [0.4, 0.5) is 0 Å². The molecular weight excluding hydrogens is 489 g/mol. The first-order valence-electron chi connectivity index (χ1n) is 14.3. The summed E-state index contributed by atoms with van der Waals surface area (Å²) in [6.07, 6.45) is 20.6. The van der Waals surface area contributed by atoms with E-state index in [2.05, 4.69) is 17.5 Å². The summed E-state index contributed by atoms with van der Waals surface area (Å²) in [6, 6.07) is 8.79. The summed E-state index contributed by atoms with van der Waals surface area (Å²) in [5, 5.41) is 9.07. The first kappa shape index (κ1) is 33.6. The van der Waals surface area contributed by atoms with Crippen molar-refractivity contribution in [2.75, 3.05) is 26.9 Å². The number of unbranched alkanes of at least 4 members (excludes halogenated alkanes) is 15. The Labute approximate surface area is 225 Å². The van der Waals surface area contributed by atoms with Gasteiger partial charge >= 0.3 is 7.82 Å². The lowest BCUT2D eigenvalue weighted by Crippen LogP contribution is -2.28. The first-order chi connectivity index (χ1) is 18.0. The fourth-order valence-corrected chi connectivity index (χ4v) is 4.60. The lowest BCUT2D eigenvalue weighted by molar-refractivity contribution is 0.0165. The van der Waals surface area contributed by atoms with Gasteiger partial charge in [0.2, 0.25) is 0 Å². The largest absolute Gasteiger partial charge is 0.486 e. The standard InChI is InChI=1S/C29H50NO6P/c1-3-4-5-6-7-8-9-10-11-12-13-14-15-16-17-18-22-34-25-29(26-35-37(31,32)33-2)36-28-21-19-20-27(23-28)24-30/h19-21,23,29H,3-18,22,25-26H2,1-2H3,(H,31,32)/t29-/m1/s1. The van der Waals surface area contributed by atoms with E-state index >= 15 is 0 Å². The highest BCUT2D eigenvalue weighted by Gasteiger charge is 2.22. The molecule has 0 amide bonds. The zero-order valence-corrected chi connectivity index (χ0v) is 24.1. The third-order valence-corrected chi connectivity index (χ3v) is 7.30. The first-order valence-corrected chi connectivity index (χ1v) is 15.8. The monoisotopic (exact) mass is 539 g/mol. The molecule has 1 aromatic rings. The molecule has 0 saturated carbocycles. The van der Waals surface area contributed by atoms with Crippen molar-refractivity contribution < 1.29 is 28.0 Å². The van der Waals surface area contributed by atoms with E-state index in [1.54, 1.807) is 24.3 Å². The van der Waals surface area contributed by atoms with Crippen molar-refractivity contribution >= 4 is 7.82 Å². The molecule has 1 N–H and O–H groups in total. The van der Waals surface area contributed by atoms with Crippen LogP contribution >= 0.6 is 7.82 Å². The number of nitrogens with zero attached hydrogens (tertiary/aromatic N) is 1. The maximum atomic E-state index is 11.7. The smallest absolute Gasteiger partial charge is 0.472 e. The Bertz CT molecular complexity index is 769. The van der Waals surface area contributed by atoms with Gasteiger partial charge in [-0.1, -0.05) is 109 Å². The molecule has 8 heteroatoms. The van der Waals surface area contributed by atoms with E-state index in [4.69, 9.17) is 19.3 Å². The van der Waals surface area contributed by atoms with E-state index in [0.717, 1.165) is 20.0 Å². The van der Waals surface area contributed by atoms with Crippen molar-refractivity contribution in [1.82, 2.24) is 0 Å². The summed E-state index contributed by atoms with van der Waals surface area (Å²) in [5.41, 5.74) is 0.468. The van der Waals surface area contributed by atoms with Gasteiger partial charge in [0.15, 0.2) is 0 Å². The van der Waals surface area contributed by atoms with Crippen molar-refractivity contribution in [1.29, 1.82) is 5.26 Å². The number of hydrogen-bond acceptors (Lipinski definition) is 6. The van der Waals surface area contributed by atoms with Gasteiger partial charge in [0, 0.05) is 13.7 Å².